The summed E-state index contributed by atoms with van der Waals surface area (Å²) in [6.07, 6.45) is 4.83. The summed E-state index contributed by atoms with van der Waals surface area (Å²) in [6.45, 7) is 1.80. The fourth-order valence-electron chi connectivity index (χ4n) is 4.66. The minimum absolute atomic E-state index is 0. The lowest BCUT2D eigenvalue weighted by atomic mass is 9.94. The third-order valence-corrected chi connectivity index (χ3v) is 6.71. The number of hydrogen-bond donors (Lipinski definition) is 2. The molecule has 6 nitrogen and oxygen atoms in total. The minimum Gasteiger partial charge on any atom is -0.384 e. The van der Waals surface area contributed by atoms with Crippen LogP contribution < -0.4 is 5.73 Å². The Hall–Kier alpha value is -2.86. The SMILES string of the molecule is Cl.Cn1c(Cc2ccc(C(=N)N)cc2)nc2cc(C3(C(=O)N4CCCC4)CC3)ccc21. The van der Waals surface area contributed by atoms with Crippen LogP contribution in [0.4, 0.5) is 0 Å². The number of nitrogens with zero attached hydrogens (tertiary/aromatic N) is 3. The summed E-state index contributed by atoms with van der Waals surface area (Å²) in [7, 11) is 2.04. The first-order chi connectivity index (χ1) is 14.5. The second-order valence-electron chi connectivity index (χ2n) is 8.66. The number of likely N-dealkylation sites (tertiary alicyclic amines) is 1. The van der Waals surface area contributed by atoms with Gasteiger partial charge in [0, 0.05) is 32.1 Å². The number of nitrogens with one attached hydrogen (secondary N) is 1. The van der Waals surface area contributed by atoms with Gasteiger partial charge in [-0.1, -0.05) is 30.3 Å². The van der Waals surface area contributed by atoms with Crippen LogP contribution in [0.15, 0.2) is 42.5 Å². The smallest absolute Gasteiger partial charge is 0.233 e. The number of nitrogens with two attached hydrogens (primary N) is 1. The van der Waals surface area contributed by atoms with Gasteiger partial charge in [-0.3, -0.25) is 10.2 Å². The number of imidazole rings is 1. The maximum Gasteiger partial charge on any atom is 0.233 e. The Morgan fingerprint density at radius 1 is 1.13 bits per heavy atom. The van der Waals surface area contributed by atoms with E-state index in [1.165, 1.54) is 0 Å². The maximum atomic E-state index is 13.1. The Labute approximate surface area is 188 Å². The Morgan fingerprint density at radius 2 is 1.81 bits per heavy atom. The van der Waals surface area contributed by atoms with Crippen molar-refractivity contribution in [2.45, 2.75) is 37.5 Å². The summed E-state index contributed by atoms with van der Waals surface area (Å²) < 4.78 is 2.12. The largest absolute Gasteiger partial charge is 0.384 e. The van der Waals surface area contributed by atoms with E-state index in [2.05, 4.69) is 22.8 Å². The van der Waals surface area contributed by atoms with Gasteiger partial charge in [-0.25, -0.2) is 4.98 Å². The highest BCUT2D eigenvalue weighted by Gasteiger charge is 2.53. The van der Waals surface area contributed by atoms with Crippen LogP contribution in [0.1, 0.15) is 48.2 Å². The third kappa shape index (κ3) is 3.69. The molecule has 3 aromatic rings. The van der Waals surface area contributed by atoms with E-state index in [1.807, 2.05) is 36.2 Å². The molecule has 5 rings (SSSR count). The Balaban J connectivity index is 0.00000231. The Kier molecular flexibility index (Phi) is 5.52. The number of aromatic nitrogens is 2. The van der Waals surface area contributed by atoms with E-state index in [4.69, 9.17) is 16.1 Å². The number of carbonyl (C=O) groups excluding carboxylic acids is 1. The number of carbonyl (C=O) groups is 1. The van der Waals surface area contributed by atoms with Gasteiger partial charge in [0.25, 0.3) is 0 Å². The van der Waals surface area contributed by atoms with Crippen molar-refractivity contribution in [1.29, 1.82) is 5.41 Å². The van der Waals surface area contributed by atoms with E-state index in [0.29, 0.717) is 12.3 Å². The summed E-state index contributed by atoms with van der Waals surface area (Å²) >= 11 is 0. The molecule has 31 heavy (non-hydrogen) atoms. The molecule has 1 aromatic heterocycles. The standard InChI is InChI=1S/C24H27N5O.ClH/c1-28-20-9-8-18(24(10-11-24)23(30)29-12-2-3-13-29)15-19(20)27-21(28)14-16-4-6-17(7-5-16)22(25)26;/h4-9,15H,2-3,10-14H2,1H3,(H3,25,26);1H. The number of hydrogen-bond acceptors (Lipinski definition) is 3. The summed E-state index contributed by atoms with van der Waals surface area (Å²) in [6, 6.07) is 14.1. The van der Waals surface area contributed by atoms with Crippen molar-refractivity contribution >= 4 is 35.2 Å². The van der Waals surface area contributed by atoms with Crippen molar-refractivity contribution in [2.75, 3.05) is 13.1 Å². The molecule has 1 amide bonds. The van der Waals surface area contributed by atoms with Crippen molar-refractivity contribution in [2.24, 2.45) is 12.8 Å². The van der Waals surface area contributed by atoms with Gasteiger partial charge in [0.05, 0.1) is 16.4 Å². The van der Waals surface area contributed by atoms with E-state index in [0.717, 1.165) is 72.3 Å². The highest BCUT2D eigenvalue weighted by molar-refractivity contribution is 5.95. The van der Waals surface area contributed by atoms with Crippen LogP contribution in [0.3, 0.4) is 0 Å². The van der Waals surface area contributed by atoms with Crippen LogP contribution in [0, 0.1) is 5.41 Å². The van der Waals surface area contributed by atoms with Crippen molar-refractivity contribution in [1.82, 2.24) is 14.5 Å². The molecule has 0 radical (unpaired) electrons. The average Bonchev–Trinajstić information content (AvgIpc) is 3.26. The van der Waals surface area contributed by atoms with Gasteiger partial charge >= 0.3 is 0 Å². The molecule has 0 spiro atoms. The topological polar surface area (TPSA) is 88.0 Å². The molecule has 1 aliphatic heterocycles. The summed E-state index contributed by atoms with van der Waals surface area (Å²) in [5, 5.41) is 7.53. The summed E-state index contributed by atoms with van der Waals surface area (Å²) in [5.41, 5.74) is 10.2. The molecular formula is C24H28ClN5O. The Bertz CT molecular complexity index is 1140. The normalized spacial score (nSPS) is 16.9. The molecule has 1 saturated carbocycles. The first-order valence-electron chi connectivity index (χ1n) is 10.7. The minimum atomic E-state index is -0.321. The summed E-state index contributed by atoms with van der Waals surface area (Å²) in [4.78, 5) is 20.1. The molecular weight excluding hydrogens is 410 g/mol. The molecule has 2 aliphatic rings. The predicted octanol–water partition coefficient (Wildman–Crippen LogP) is 3.52. The molecule has 0 bridgehead atoms. The Morgan fingerprint density at radius 3 is 2.42 bits per heavy atom. The number of halogens is 1. The first kappa shape index (κ1) is 21.4. The summed E-state index contributed by atoms with van der Waals surface area (Å²) in [5.74, 6) is 1.36. The quantitative estimate of drug-likeness (QED) is 0.472. The van der Waals surface area contributed by atoms with Crippen molar-refractivity contribution in [3.63, 3.8) is 0 Å². The van der Waals surface area contributed by atoms with Gasteiger partial charge in [0.15, 0.2) is 0 Å². The predicted molar refractivity (Wildman–Crippen MR) is 125 cm³/mol. The van der Waals surface area contributed by atoms with Gasteiger partial charge in [0.1, 0.15) is 11.7 Å². The molecule has 1 aliphatic carbocycles. The fraction of sp³-hybridized carbons (Fsp3) is 0.375. The van der Waals surface area contributed by atoms with Gasteiger partial charge in [-0.15, -0.1) is 12.4 Å². The lowest BCUT2D eigenvalue weighted by Gasteiger charge is -2.23. The molecule has 0 unspecified atom stereocenters. The molecule has 7 heteroatoms. The van der Waals surface area contributed by atoms with Crippen LogP contribution in [-0.4, -0.2) is 39.3 Å². The van der Waals surface area contributed by atoms with E-state index in [1.54, 1.807) is 0 Å². The first-order valence-corrected chi connectivity index (χ1v) is 10.7. The van der Waals surface area contributed by atoms with E-state index < -0.39 is 0 Å². The van der Waals surface area contributed by atoms with E-state index >= 15 is 0 Å². The van der Waals surface area contributed by atoms with Gasteiger partial charge < -0.3 is 15.2 Å². The van der Waals surface area contributed by atoms with Crippen molar-refractivity contribution in [3.8, 4) is 0 Å². The van der Waals surface area contributed by atoms with Crippen molar-refractivity contribution < 1.29 is 4.79 Å². The van der Waals surface area contributed by atoms with Gasteiger partial charge in [-0.2, -0.15) is 0 Å². The lowest BCUT2D eigenvalue weighted by molar-refractivity contribution is -0.132. The second-order valence-corrected chi connectivity index (χ2v) is 8.66. The van der Waals surface area contributed by atoms with Crippen LogP contribution in [0.2, 0.25) is 0 Å². The number of fused-ring (bicyclic) bond motifs is 1. The lowest BCUT2D eigenvalue weighted by Crippen LogP contribution is -2.37. The number of rotatable bonds is 5. The highest BCUT2D eigenvalue weighted by atomic mass is 35.5. The van der Waals surface area contributed by atoms with Crippen molar-refractivity contribution in [3.05, 3.63) is 65.0 Å². The molecule has 0 atom stereocenters. The number of amides is 1. The molecule has 3 N–H and O–H groups in total. The highest BCUT2D eigenvalue weighted by Crippen LogP contribution is 2.50. The maximum absolute atomic E-state index is 13.1. The number of amidine groups is 1. The average molecular weight is 438 g/mol. The molecule has 162 valence electrons. The number of nitrogen functional groups attached to an aromatic ring is 1. The number of aryl methyl sites for hydroxylation is 1. The molecule has 2 fully saturated rings. The van der Waals surface area contributed by atoms with Gasteiger partial charge in [0.2, 0.25) is 5.91 Å². The monoisotopic (exact) mass is 437 g/mol. The van der Waals surface area contributed by atoms with Crippen LogP contribution in [-0.2, 0) is 23.7 Å². The van der Waals surface area contributed by atoms with E-state index in [-0.39, 0.29) is 23.7 Å². The fourth-order valence-corrected chi connectivity index (χ4v) is 4.66. The van der Waals surface area contributed by atoms with Crippen LogP contribution in [0.25, 0.3) is 11.0 Å². The van der Waals surface area contributed by atoms with E-state index in [9.17, 15) is 4.79 Å². The third-order valence-electron chi connectivity index (χ3n) is 6.71. The molecule has 2 aromatic carbocycles. The zero-order valence-corrected chi connectivity index (χ0v) is 18.5. The number of benzene rings is 2. The van der Waals surface area contributed by atoms with Crippen LogP contribution in [0.5, 0.6) is 0 Å². The zero-order valence-electron chi connectivity index (χ0n) is 17.7. The van der Waals surface area contributed by atoms with Gasteiger partial charge in [-0.05, 0) is 48.9 Å². The van der Waals surface area contributed by atoms with Crippen LogP contribution >= 0.6 is 12.4 Å². The molecule has 2 heterocycles. The zero-order chi connectivity index (χ0) is 20.9. The molecule has 1 saturated heterocycles. The second kappa shape index (κ2) is 8.00.